The number of carbonyl (C=O) groups is 3. The number of aromatic nitrogens is 2. The summed E-state index contributed by atoms with van der Waals surface area (Å²) in [6, 6.07) is 5.46. The molecule has 12 heteroatoms. The fourth-order valence-corrected chi connectivity index (χ4v) is 5.44. The molecule has 1 aliphatic carbocycles. The Balaban J connectivity index is 1.45. The van der Waals surface area contributed by atoms with Gasteiger partial charge in [0.05, 0.1) is 12.1 Å². The monoisotopic (exact) mass is 515 g/mol. The van der Waals surface area contributed by atoms with Crippen LogP contribution in [0.4, 0.5) is 8.78 Å². The average Bonchev–Trinajstić information content (AvgIpc) is 3.19. The van der Waals surface area contributed by atoms with Crippen molar-refractivity contribution in [2.45, 2.75) is 56.9 Å². The van der Waals surface area contributed by atoms with Gasteiger partial charge >= 0.3 is 11.8 Å². The fraction of sp³-hybridized carbons (Fsp3) is 0.480. The van der Waals surface area contributed by atoms with E-state index in [1.165, 1.54) is 28.8 Å². The van der Waals surface area contributed by atoms with Crippen molar-refractivity contribution < 1.29 is 28.3 Å². The first-order valence-corrected chi connectivity index (χ1v) is 12.3. The minimum absolute atomic E-state index is 0.00249. The molecule has 2 bridgehead atoms. The van der Waals surface area contributed by atoms with Crippen LogP contribution in [0.5, 0.6) is 5.75 Å². The number of benzene rings is 1. The second-order valence-corrected chi connectivity index (χ2v) is 9.97. The van der Waals surface area contributed by atoms with Crippen molar-refractivity contribution >= 4 is 17.7 Å². The largest absolute Gasteiger partial charge is 0.501 e. The molecule has 1 aromatic heterocycles. The summed E-state index contributed by atoms with van der Waals surface area (Å²) in [5.41, 5.74) is -1.91. The molecule has 1 atom stereocenters. The highest BCUT2D eigenvalue weighted by Crippen LogP contribution is 2.43. The van der Waals surface area contributed by atoms with E-state index in [1.54, 1.807) is 0 Å². The first kappa shape index (κ1) is 24.8. The standard InChI is InChI=1S/C25H27F2N5O5/c26-16-3-1-14(2-4-16)11-28-20(34)18-19(33)22(36)32-12-15-5-8-25(9-6-15,24(32)29-18)30-21(35)23(37)31-10-7-17(27)13-31/h1-4,15,17,33H,5-13H2,(H,28,34)(H,30,35)/t15?,17-,25?/m1/s1. The van der Waals surface area contributed by atoms with Gasteiger partial charge in [-0.05, 0) is 55.7 Å². The Morgan fingerprint density at radius 3 is 2.46 bits per heavy atom. The van der Waals surface area contributed by atoms with E-state index < -0.39 is 52.3 Å². The van der Waals surface area contributed by atoms with Crippen LogP contribution in [0.2, 0.25) is 0 Å². The Hall–Kier alpha value is -3.83. The van der Waals surface area contributed by atoms with Crippen LogP contribution >= 0.6 is 0 Å². The number of carbonyl (C=O) groups excluding carboxylic acids is 3. The summed E-state index contributed by atoms with van der Waals surface area (Å²) in [5.74, 6) is -3.63. The summed E-state index contributed by atoms with van der Waals surface area (Å²) < 4.78 is 28.0. The van der Waals surface area contributed by atoms with Crippen LogP contribution in [0.15, 0.2) is 29.1 Å². The van der Waals surface area contributed by atoms with E-state index in [0.717, 1.165) is 4.90 Å². The molecular formula is C25H27F2N5O5. The molecule has 0 unspecified atom stereocenters. The van der Waals surface area contributed by atoms with E-state index >= 15 is 0 Å². The third kappa shape index (κ3) is 4.67. The summed E-state index contributed by atoms with van der Waals surface area (Å²) in [6.07, 6.45) is 1.04. The van der Waals surface area contributed by atoms with Crippen molar-refractivity contribution in [2.24, 2.45) is 5.92 Å². The number of fused-ring (bicyclic) bond motifs is 2. The normalized spacial score (nSPS) is 24.3. The molecule has 1 aromatic carbocycles. The fourth-order valence-electron chi connectivity index (χ4n) is 5.44. The van der Waals surface area contributed by atoms with Gasteiger partial charge in [-0.15, -0.1) is 0 Å². The zero-order valence-electron chi connectivity index (χ0n) is 20.0. The van der Waals surface area contributed by atoms with Crippen molar-refractivity contribution in [2.75, 3.05) is 13.1 Å². The molecule has 1 saturated heterocycles. The summed E-state index contributed by atoms with van der Waals surface area (Å²) in [6.45, 7) is 0.251. The number of amides is 3. The van der Waals surface area contributed by atoms with Gasteiger partial charge in [-0.2, -0.15) is 0 Å². The van der Waals surface area contributed by atoms with Crippen LogP contribution < -0.4 is 16.2 Å². The van der Waals surface area contributed by atoms with Crippen LogP contribution in [0.25, 0.3) is 0 Å². The molecule has 196 valence electrons. The quantitative estimate of drug-likeness (QED) is 0.523. The average molecular weight is 516 g/mol. The van der Waals surface area contributed by atoms with Crippen molar-refractivity contribution in [1.82, 2.24) is 25.1 Å². The summed E-state index contributed by atoms with van der Waals surface area (Å²) in [4.78, 5) is 57.3. The van der Waals surface area contributed by atoms with Crippen molar-refractivity contribution in [3.63, 3.8) is 0 Å². The van der Waals surface area contributed by atoms with Gasteiger partial charge in [0.2, 0.25) is 5.75 Å². The molecule has 3 aliphatic heterocycles. The summed E-state index contributed by atoms with van der Waals surface area (Å²) in [7, 11) is 0. The first-order valence-electron chi connectivity index (χ1n) is 12.3. The predicted molar refractivity (Wildman–Crippen MR) is 126 cm³/mol. The first-order chi connectivity index (χ1) is 17.7. The molecular weight excluding hydrogens is 488 g/mol. The minimum Gasteiger partial charge on any atom is -0.501 e. The molecule has 4 heterocycles. The molecule has 2 aromatic rings. The summed E-state index contributed by atoms with van der Waals surface area (Å²) >= 11 is 0. The second kappa shape index (κ2) is 9.56. The Labute approximate surface area is 210 Å². The van der Waals surface area contributed by atoms with Gasteiger partial charge in [0.15, 0.2) is 5.69 Å². The molecule has 6 rings (SSSR count). The lowest BCUT2D eigenvalue weighted by atomic mass is 9.77. The number of rotatable bonds is 4. The van der Waals surface area contributed by atoms with Crippen LogP contribution in [0.3, 0.4) is 0 Å². The zero-order valence-corrected chi connectivity index (χ0v) is 20.0. The Kier molecular flexibility index (Phi) is 6.42. The number of likely N-dealkylation sites (tertiary alicyclic amines) is 1. The Morgan fingerprint density at radius 2 is 1.81 bits per heavy atom. The highest BCUT2D eigenvalue weighted by atomic mass is 19.1. The third-order valence-electron chi connectivity index (χ3n) is 7.52. The van der Waals surface area contributed by atoms with Gasteiger partial charge in [-0.25, -0.2) is 13.8 Å². The smallest absolute Gasteiger partial charge is 0.312 e. The third-order valence-corrected chi connectivity index (χ3v) is 7.52. The van der Waals surface area contributed by atoms with E-state index in [-0.39, 0.29) is 44.3 Å². The maximum atomic E-state index is 13.6. The molecule has 3 amide bonds. The number of hydrogen-bond acceptors (Lipinski definition) is 6. The lowest BCUT2D eigenvalue weighted by Crippen LogP contribution is -2.54. The highest BCUT2D eigenvalue weighted by molar-refractivity contribution is 6.35. The maximum Gasteiger partial charge on any atom is 0.312 e. The van der Waals surface area contributed by atoms with Crippen LogP contribution in [-0.4, -0.2) is 56.5 Å². The predicted octanol–water partition coefficient (Wildman–Crippen LogP) is 1.10. The highest BCUT2D eigenvalue weighted by Gasteiger charge is 2.47. The molecule has 0 radical (unpaired) electrons. The van der Waals surface area contributed by atoms with Crippen LogP contribution in [0, 0.1) is 11.7 Å². The molecule has 0 spiro atoms. The van der Waals surface area contributed by atoms with Crippen LogP contribution in [0.1, 0.15) is 54.0 Å². The number of aromatic hydroxyl groups is 1. The van der Waals surface area contributed by atoms with E-state index in [4.69, 9.17) is 0 Å². The Morgan fingerprint density at radius 1 is 1.11 bits per heavy atom. The molecule has 4 aliphatic rings. The minimum atomic E-state index is -1.20. The van der Waals surface area contributed by atoms with Crippen molar-refractivity contribution in [1.29, 1.82) is 0 Å². The van der Waals surface area contributed by atoms with Gasteiger partial charge in [0, 0.05) is 19.6 Å². The van der Waals surface area contributed by atoms with Gasteiger partial charge < -0.3 is 20.6 Å². The lowest BCUT2D eigenvalue weighted by Gasteiger charge is -2.37. The molecule has 10 nitrogen and oxygen atoms in total. The maximum absolute atomic E-state index is 13.6. The number of halogens is 2. The number of nitrogens with one attached hydrogen (secondary N) is 2. The number of nitrogens with zero attached hydrogens (tertiary/aromatic N) is 3. The van der Waals surface area contributed by atoms with Gasteiger partial charge in [-0.3, -0.25) is 23.7 Å². The van der Waals surface area contributed by atoms with Gasteiger partial charge in [0.1, 0.15) is 17.8 Å². The van der Waals surface area contributed by atoms with E-state index in [0.29, 0.717) is 31.2 Å². The van der Waals surface area contributed by atoms with E-state index in [9.17, 15) is 33.1 Å². The van der Waals surface area contributed by atoms with Crippen molar-refractivity contribution in [3.8, 4) is 5.75 Å². The second-order valence-electron chi connectivity index (χ2n) is 9.97. The number of alkyl halides is 1. The molecule has 2 fully saturated rings. The zero-order chi connectivity index (χ0) is 26.3. The number of hydrogen-bond donors (Lipinski definition) is 3. The van der Waals surface area contributed by atoms with Gasteiger partial charge in [0.25, 0.3) is 11.5 Å². The van der Waals surface area contributed by atoms with E-state index in [1.807, 2.05) is 0 Å². The van der Waals surface area contributed by atoms with Crippen LogP contribution in [-0.2, 0) is 28.2 Å². The topological polar surface area (TPSA) is 134 Å². The summed E-state index contributed by atoms with van der Waals surface area (Å²) in [5, 5.41) is 15.9. The molecule has 1 saturated carbocycles. The van der Waals surface area contributed by atoms with E-state index in [2.05, 4.69) is 15.6 Å². The van der Waals surface area contributed by atoms with Gasteiger partial charge in [-0.1, -0.05) is 12.1 Å². The molecule has 3 N–H and O–H groups in total. The lowest BCUT2D eigenvalue weighted by molar-refractivity contribution is -0.146. The Bertz CT molecular complexity index is 1300. The SMILES string of the molecule is O=C(NC12CCC(CC1)Cn1c2nc(C(=O)NCc2ccc(F)cc2)c(O)c1=O)C(=O)N1CC[C@@H](F)C1. The molecule has 37 heavy (non-hydrogen) atoms. The van der Waals surface area contributed by atoms with Crippen molar-refractivity contribution in [3.05, 3.63) is 57.5 Å².